The van der Waals surface area contributed by atoms with Crippen molar-refractivity contribution < 1.29 is 9.52 Å². The van der Waals surface area contributed by atoms with E-state index in [9.17, 15) is 5.11 Å². The molecule has 1 fully saturated rings. The molecule has 0 amide bonds. The number of benzene rings is 2. The number of aromatic hydroxyl groups is 1. The fraction of sp³-hybridized carbons (Fsp3) is 0.176. The van der Waals surface area contributed by atoms with Crippen LogP contribution in [0, 0.1) is 0 Å². The van der Waals surface area contributed by atoms with Gasteiger partial charge in [0.05, 0.1) is 5.41 Å². The Kier molecular flexibility index (Phi) is 2.85. The maximum atomic E-state index is 9.48. The molecule has 0 aliphatic heterocycles. The van der Waals surface area contributed by atoms with E-state index in [4.69, 9.17) is 4.42 Å². The van der Waals surface area contributed by atoms with E-state index in [1.54, 1.807) is 18.2 Å². The number of anilines is 2. The van der Waals surface area contributed by atoms with Crippen LogP contribution in [0.1, 0.15) is 24.3 Å². The van der Waals surface area contributed by atoms with E-state index >= 15 is 0 Å². The summed E-state index contributed by atoms with van der Waals surface area (Å²) in [6.45, 7) is 0. The SMILES string of the molecule is Oc1cccc(Nc2nnc(C3(c4ccccc4)CC3)o2)c1. The number of aromatic nitrogens is 2. The molecule has 0 unspecified atom stereocenters. The van der Waals surface area contributed by atoms with Crippen LogP contribution in [0.4, 0.5) is 11.7 Å². The van der Waals surface area contributed by atoms with Gasteiger partial charge in [0, 0.05) is 11.8 Å². The quantitative estimate of drug-likeness (QED) is 0.769. The second-order valence-corrected chi connectivity index (χ2v) is 5.54. The highest BCUT2D eigenvalue weighted by atomic mass is 16.4. The Morgan fingerprint density at radius 2 is 1.82 bits per heavy atom. The maximum Gasteiger partial charge on any atom is 0.320 e. The van der Waals surface area contributed by atoms with Crippen molar-refractivity contribution in [2.24, 2.45) is 0 Å². The Balaban J connectivity index is 1.60. The van der Waals surface area contributed by atoms with Gasteiger partial charge in [0.25, 0.3) is 0 Å². The third-order valence-corrected chi connectivity index (χ3v) is 4.01. The summed E-state index contributed by atoms with van der Waals surface area (Å²) in [6.07, 6.45) is 2.04. The monoisotopic (exact) mass is 293 g/mol. The van der Waals surface area contributed by atoms with Gasteiger partial charge >= 0.3 is 6.01 Å². The van der Waals surface area contributed by atoms with E-state index < -0.39 is 0 Å². The van der Waals surface area contributed by atoms with Crippen molar-refractivity contribution in [1.29, 1.82) is 0 Å². The molecule has 110 valence electrons. The number of hydrogen-bond donors (Lipinski definition) is 2. The summed E-state index contributed by atoms with van der Waals surface area (Å²) < 4.78 is 5.79. The molecule has 2 N–H and O–H groups in total. The van der Waals surface area contributed by atoms with Crippen LogP contribution >= 0.6 is 0 Å². The highest BCUT2D eigenvalue weighted by molar-refractivity contribution is 5.54. The first kappa shape index (κ1) is 12.9. The van der Waals surface area contributed by atoms with Crippen molar-refractivity contribution >= 4 is 11.7 Å². The lowest BCUT2D eigenvalue weighted by atomic mass is 9.96. The fourth-order valence-electron chi connectivity index (χ4n) is 2.68. The van der Waals surface area contributed by atoms with Crippen LogP contribution in [-0.2, 0) is 5.41 Å². The van der Waals surface area contributed by atoms with Crippen molar-refractivity contribution in [3.63, 3.8) is 0 Å². The molecule has 1 aliphatic carbocycles. The minimum atomic E-state index is -0.132. The van der Waals surface area contributed by atoms with E-state index in [2.05, 4.69) is 27.6 Å². The summed E-state index contributed by atoms with van der Waals surface area (Å²) in [5.41, 5.74) is 1.79. The number of phenols is 1. The molecule has 3 aromatic rings. The molecule has 1 heterocycles. The van der Waals surface area contributed by atoms with E-state index in [1.807, 2.05) is 24.3 Å². The van der Waals surface area contributed by atoms with Gasteiger partial charge in [-0.25, -0.2) is 0 Å². The Hall–Kier alpha value is -2.82. The molecule has 0 atom stereocenters. The van der Waals surface area contributed by atoms with Crippen LogP contribution < -0.4 is 5.32 Å². The first-order valence-corrected chi connectivity index (χ1v) is 7.22. The van der Waals surface area contributed by atoms with Gasteiger partial charge < -0.3 is 14.8 Å². The summed E-state index contributed by atoms with van der Waals surface area (Å²) in [7, 11) is 0. The highest BCUT2D eigenvalue weighted by Crippen LogP contribution is 2.53. The van der Waals surface area contributed by atoms with Gasteiger partial charge in [-0.05, 0) is 30.5 Å². The number of hydrogen-bond acceptors (Lipinski definition) is 5. The van der Waals surface area contributed by atoms with Crippen LogP contribution in [0.3, 0.4) is 0 Å². The van der Waals surface area contributed by atoms with Gasteiger partial charge in [0.15, 0.2) is 0 Å². The highest BCUT2D eigenvalue weighted by Gasteiger charge is 2.50. The molecule has 0 radical (unpaired) electrons. The van der Waals surface area contributed by atoms with Gasteiger partial charge in [-0.2, -0.15) is 0 Å². The average Bonchev–Trinajstić information content (AvgIpc) is 3.22. The Bertz CT molecular complexity index is 794. The fourth-order valence-corrected chi connectivity index (χ4v) is 2.68. The standard InChI is InChI=1S/C17H15N3O2/c21-14-8-4-7-13(11-14)18-16-20-19-15(22-16)17(9-10-17)12-5-2-1-3-6-12/h1-8,11,21H,9-10H2,(H,18,20). The van der Waals surface area contributed by atoms with Gasteiger partial charge in [0.2, 0.25) is 5.89 Å². The van der Waals surface area contributed by atoms with Gasteiger partial charge in [-0.3, -0.25) is 0 Å². The number of rotatable bonds is 4. The molecule has 22 heavy (non-hydrogen) atoms. The minimum Gasteiger partial charge on any atom is -0.508 e. The zero-order valence-corrected chi connectivity index (χ0v) is 11.9. The summed E-state index contributed by atoms with van der Waals surface area (Å²) in [4.78, 5) is 0. The molecule has 0 spiro atoms. The van der Waals surface area contributed by atoms with Crippen molar-refractivity contribution in [3.05, 3.63) is 66.1 Å². The van der Waals surface area contributed by atoms with Gasteiger partial charge in [-0.15, -0.1) is 5.10 Å². The first-order valence-electron chi connectivity index (χ1n) is 7.22. The Morgan fingerprint density at radius 3 is 2.55 bits per heavy atom. The van der Waals surface area contributed by atoms with E-state index in [-0.39, 0.29) is 11.2 Å². The van der Waals surface area contributed by atoms with E-state index in [0.29, 0.717) is 17.6 Å². The topological polar surface area (TPSA) is 71.2 Å². The zero-order valence-electron chi connectivity index (χ0n) is 11.9. The van der Waals surface area contributed by atoms with Crippen molar-refractivity contribution in [1.82, 2.24) is 10.2 Å². The van der Waals surface area contributed by atoms with Crippen LogP contribution in [0.2, 0.25) is 0 Å². The minimum absolute atomic E-state index is 0.132. The molecule has 1 saturated carbocycles. The molecular weight excluding hydrogens is 278 g/mol. The average molecular weight is 293 g/mol. The second-order valence-electron chi connectivity index (χ2n) is 5.54. The molecule has 1 aromatic heterocycles. The smallest absolute Gasteiger partial charge is 0.320 e. The third-order valence-electron chi connectivity index (χ3n) is 4.01. The Labute approximate surface area is 127 Å². The second kappa shape index (κ2) is 4.87. The molecule has 5 heteroatoms. The molecule has 4 rings (SSSR count). The normalized spacial score (nSPS) is 15.5. The number of phenolic OH excluding ortho intramolecular Hbond substituents is 1. The predicted octanol–water partition coefficient (Wildman–Crippen LogP) is 3.60. The summed E-state index contributed by atoms with van der Waals surface area (Å²) >= 11 is 0. The molecule has 5 nitrogen and oxygen atoms in total. The maximum absolute atomic E-state index is 9.48. The van der Waals surface area contributed by atoms with E-state index in [1.165, 1.54) is 5.56 Å². The van der Waals surface area contributed by atoms with Gasteiger partial charge in [-0.1, -0.05) is 41.5 Å². The lowest BCUT2D eigenvalue weighted by molar-refractivity contribution is 0.473. The number of nitrogens with one attached hydrogen (secondary N) is 1. The largest absolute Gasteiger partial charge is 0.508 e. The third kappa shape index (κ3) is 2.20. The summed E-state index contributed by atoms with van der Waals surface area (Å²) in [5, 5.41) is 20.8. The predicted molar refractivity (Wildman–Crippen MR) is 82.1 cm³/mol. The van der Waals surface area contributed by atoms with Crippen molar-refractivity contribution in [2.75, 3.05) is 5.32 Å². The molecule has 1 aliphatic rings. The van der Waals surface area contributed by atoms with Crippen molar-refractivity contribution in [3.8, 4) is 5.75 Å². The first-order chi connectivity index (χ1) is 10.8. The van der Waals surface area contributed by atoms with Gasteiger partial charge in [0.1, 0.15) is 5.75 Å². The van der Waals surface area contributed by atoms with Crippen LogP contribution in [0.15, 0.2) is 59.0 Å². The molecule has 2 aromatic carbocycles. The Morgan fingerprint density at radius 1 is 1.00 bits per heavy atom. The summed E-state index contributed by atoms with van der Waals surface area (Å²) in [5.74, 6) is 0.828. The lowest BCUT2D eigenvalue weighted by Crippen LogP contribution is -2.08. The van der Waals surface area contributed by atoms with Crippen LogP contribution in [0.5, 0.6) is 5.75 Å². The molecule has 0 bridgehead atoms. The summed E-state index contributed by atoms with van der Waals surface area (Å²) in [6, 6.07) is 17.4. The zero-order chi connectivity index (χ0) is 15.0. The molecule has 0 saturated heterocycles. The van der Waals surface area contributed by atoms with Crippen molar-refractivity contribution in [2.45, 2.75) is 18.3 Å². The molecular formula is C17H15N3O2. The number of nitrogens with zero attached hydrogens (tertiary/aromatic N) is 2. The van der Waals surface area contributed by atoms with Crippen LogP contribution in [0.25, 0.3) is 0 Å². The van der Waals surface area contributed by atoms with E-state index in [0.717, 1.165) is 12.8 Å². The van der Waals surface area contributed by atoms with Crippen LogP contribution in [-0.4, -0.2) is 15.3 Å². The lowest BCUT2D eigenvalue weighted by Gasteiger charge is -2.10.